The molecule has 10 heteroatoms. The van der Waals surface area contributed by atoms with E-state index in [1.807, 2.05) is 66.7 Å². The fourth-order valence-corrected chi connectivity index (χ4v) is 5.27. The van der Waals surface area contributed by atoms with Crippen LogP contribution in [0.1, 0.15) is 49.1 Å². The van der Waals surface area contributed by atoms with Gasteiger partial charge in [-0.15, -0.1) is 0 Å². The van der Waals surface area contributed by atoms with E-state index in [9.17, 15) is 19.8 Å². The van der Waals surface area contributed by atoms with Crippen LogP contribution in [0.5, 0.6) is 5.75 Å². The summed E-state index contributed by atoms with van der Waals surface area (Å²) in [5.74, 6) is 0.0701. The van der Waals surface area contributed by atoms with Crippen molar-refractivity contribution in [1.29, 1.82) is 0 Å². The third kappa shape index (κ3) is 9.27. The average Bonchev–Trinajstić information content (AvgIpc) is 3.30. The molecule has 2 amide bonds. The molecule has 1 aliphatic carbocycles. The van der Waals surface area contributed by atoms with E-state index in [1.165, 1.54) is 0 Å². The van der Waals surface area contributed by atoms with E-state index in [1.54, 1.807) is 32.9 Å². The number of carbonyl (C=O) groups is 2. The molecular weight excluding hydrogens is 562 g/mol. The molecule has 0 aromatic heterocycles. The van der Waals surface area contributed by atoms with Crippen molar-refractivity contribution >= 4 is 12.0 Å². The summed E-state index contributed by atoms with van der Waals surface area (Å²) in [6, 6.07) is 21.3. The summed E-state index contributed by atoms with van der Waals surface area (Å²) in [5.41, 5.74) is 2.68. The summed E-state index contributed by atoms with van der Waals surface area (Å²) >= 11 is 0. The number of nitrogens with one attached hydrogen (secondary N) is 3. The zero-order chi connectivity index (χ0) is 31.7. The summed E-state index contributed by atoms with van der Waals surface area (Å²) in [6.45, 7) is 5.53. The van der Waals surface area contributed by atoms with Gasteiger partial charge in [-0.3, -0.25) is 10.1 Å². The molecule has 0 unspecified atom stereocenters. The van der Waals surface area contributed by atoms with Gasteiger partial charge in [0.25, 0.3) is 0 Å². The van der Waals surface area contributed by atoms with Crippen molar-refractivity contribution in [1.82, 2.24) is 16.0 Å². The minimum absolute atomic E-state index is 0.0976. The highest BCUT2D eigenvalue weighted by Gasteiger charge is 2.38. The van der Waals surface area contributed by atoms with Crippen LogP contribution in [0.3, 0.4) is 0 Å². The molecule has 6 N–H and O–H groups in total. The molecule has 0 bridgehead atoms. The number of rotatable bonds is 13. The largest absolute Gasteiger partial charge is 0.491 e. The fourth-order valence-electron chi connectivity index (χ4n) is 5.27. The maximum atomic E-state index is 13.9. The van der Waals surface area contributed by atoms with E-state index in [0.717, 1.165) is 22.3 Å². The number of hydrogen-bond donors (Lipinski definition) is 6. The highest BCUT2D eigenvalue weighted by molar-refractivity contribution is 5.83. The Morgan fingerprint density at radius 3 is 2.32 bits per heavy atom. The van der Waals surface area contributed by atoms with Crippen molar-refractivity contribution in [3.05, 3.63) is 101 Å². The Balaban J connectivity index is 1.59. The van der Waals surface area contributed by atoms with E-state index >= 15 is 0 Å². The van der Waals surface area contributed by atoms with E-state index in [4.69, 9.17) is 14.6 Å². The number of carbonyl (C=O) groups excluding carboxylic acids is 2. The van der Waals surface area contributed by atoms with Gasteiger partial charge in [-0.05, 0) is 61.6 Å². The number of benzene rings is 3. The summed E-state index contributed by atoms with van der Waals surface area (Å²) in [7, 11) is 0. The molecule has 1 aliphatic rings. The van der Waals surface area contributed by atoms with Crippen molar-refractivity contribution in [3.8, 4) is 5.75 Å². The number of fused-ring (bicyclic) bond motifs is 1. The molecule has 0 spiro atoms. The topological polar surface area (TPSA) is 149 Å². The van der Waals surface area contributed by atoms with Crippen molar-refractivity contribution in [2.45, 2.75) is 76.1 Å². The number of hydrogen-bond acceptors (Lipinski definition) is 8. The Kier molecular flexibility index (Phi) is 11.4. The van der Waals surface area contributed by atoms with Crippen LogP contribution in [0.4, 0.5) is 4.79 Å². The first-order valence-corrected chi connectivity index (χ1v) is 14.9. The van der Waals surface area contributed by atoms with E-state index in [2.05, 4.69) is 16.0 Å². The predicted octanol–water partition coefficient (Wildman–Crippen LogP) is 2.79. The van der Waals surface area contributed by atoms with Crippen LogP contribution in [0.15, 0.2) is 78.9 Å². The van der Waals surface area contributed by atoms with E-state index in [-0.39, 0.29) is 26.2 Å². The molecule has 0 saturated heterocycles. The molecule has 236 valence electrons. The quantitative estimate of drug-likeness (QED) is 0.174. The zero-order valence-corrected chi connectivity index (χ0v) is 25.4. The molecule has 3 aromatic carbocycles. The predicted molar refractivity (Wildman–Crippen MR) is 166 cm³/mol. The first kappa shape index (κ1) is 32.9. The maximum Gasteiger partial charge on any atom is 0.407 e. The number of amides is 2. The highest BCUT2D eigenvalue weighted by Crippen LogP contribution is 2.31. The molecule has 0 saturated carbocycles. The molecule has 0 heterocycles. The lowest BCUT2D eigenvalue weighted by Crippen LogP contribution is -2.60. The Bertz CT molecular complexity index is 1360. The van der Waals surface area contributed by atoms with Gasteiger partial charge in [0.05, 0.1) is 30.9 Å². The Hall–Kier alpha value is -3.96. The van der Waals surface area contributed by atoms with Gasteiger partial charge in [-0.25, -0.2) is 4.79 Å². The van der Waals surface area contributed by atoms with Gasteiger partial charge in [-0.1, -0.05) is 66.7 Å². The van der Waals surface area contributed by atoms with Gasteiger partial charge in [0, 0.05) is 13.0 Å². The number of aliphatic hydroxyl groups excluding tert-OH is 3. The Morgan fingerprint density at radius 2 is 1.64 bits per heavy atom. The van der Waals surface area contributed by atoms with Crippen LogP contribution in [0.25, 0.3) is 0 Å². The molecule has 0 radical (unpaired) electrons. The first-order chi connectivity index (χ1) is 21.0. The minimum Gasteiger partial charge on any atom is -0.491 e. The second kappa shape index (κ2) is 15.2. The van der Waals surface area contributed by atoms with Gasteiger partial charge in [-0.2, -0.15) is 0 Å². The highest BCUT2D eigenvalue weighted by atomic mass is 16.6. The van der Waals surface area contributed by atoms with Crippen LogP contribution in [0.2, 0.25) is 0 Å². The third-order valence-corrected chi connectivity index (χ3v) is 7.35. The standard InChI is InChI=1S/C34H43N3O7/c1-34(2,3)44-33(42)36-27(19-22-9-5-4-6-10-22)31(40)30(35-21-23-13-15-25(16-14-23)43-18-17-38)32(41)37-29-26-12-8-7-11-24(26)20-28(29)39/h4-16,27-31,35,38-40H,17-21H2,1-3H3,(H,36,42)(H,37,41)/t27-,28+,29-,30+,31+/m0/s1. The normalized spacial score (nSPS) is 18.0. The van der Waals surface area contributed by atoms with Crippen LogP contribution in [-0.2, 0) is 28.9 Å². The zero-order valence-electron chi connectivity index (χ0n) is 25.4. The van der Waals surface area contributed by atoms with Crippen molar-refractivity contribution in [2.75, 3.05) is 13.2 Å². The molecule has 5 atom stereocenters. The smallest absolute Gasteiger partial charge is 0.407 e. The lowest BCUT2D eigenvalue weighted by molar-refractivity contribution is -0.128. The number of aliphatic hydroxyl groups is 3. The van der Waals surface area contributed by atoms with Crippen molar-refractivity contribution < 1.29 is 34.4 Å². The summed E-state index contributed by atoms with van der Waals surface area (Å²) in [5, 5.41) is 40.5. The molecule has 44 heavy (non-hydrogen) atoms. The summed E-state index contributed by atoms with van der Waals surface area (Å²) in [4.78, 5) is 26.8. The van der Waals surface area contributed by atoms with Crippen LogP contribution >= 0.6 is 0 Å². The molecule has 0 fully saturated rings. The fraction of sp³-hybridized carbons (Fsp3) is 0.412. The van der Waals surface area contributed by atoms with Gasteiger partial charge in [0.2, 0.25) is 5.91 Å². The maximum absolute atomic E-state index is 13.9. The first-order valence-electron chi connectivity index (χ1n) is 14.9. The van der Waals surface area contributed by atoms with Crippen LogP contribution < -0.4 is 20.7 Å². The molecule has 0 aliphatic heterocycles. The lowest BCUT2D eigenvalue weighted by Gasteiger charge is -2.32. The number of ether oxygens (including phenoxy) is 2. The number of alkyl carbamates (subject to hydrolysis) is 1. The summed E-state index contributed by atoms with van der Waals surface area (Å²) < 4.78 is 10.9. The van der Waals surface area contributed by atoms with Gasteiger partial charge >= 0.3 is 6.09 Å². The molecular formula is C34H43N3O7. The van der Waals surface area contributed by atoms with E-state index in [0.29, 0.717) is 12.2 Å². The second-order valence-electron chi connectivity index (χ2n) is 12.0. The SMILES string of the molecule is CC(C)(C)OC(=O)N[C@@H](Cc1ccccc1)[C@@H](O)[C@@H](NCc1ccc(OCCO)cc1)C(=O)N[C@H]1c2ccccc2C[C@H]1O. The third-order valence-electron chi connectivity index (χ3n) is 7.35. The molecule has 4 rings (SSSR count). The van der Waals surface area contributed by atoms with E-state index < -0.39 is 47.9 Å². The van der Waals surface area contributed by atoms with Crippen molar-refractivity contribution in [3.63, 3.8) is 0 Å². The van der Waals surface area contributed by atoms with Crippen LogP contribution in [0, 0.1) is 0 Å². The Labute approximate surface area is 258 Å². The van der Waals surface area contributed by atoms with Crippen molar-refractivity contribution in [2.24, 2.45) is 0 Å². The molecule has 3 aromatic rings. The van der Waals surface area contributed by atoms with Gasteiger partial charge < -0.3 is 35.4 Å². The molecule has 10 nitrogen and oxygen atoms in total. The average molecular weight is 606 g/mol. The minimum atomic E-state index is -1.39. The van der Waals surface area contributed by atoms with Crippen LogP contribution in [-0.4, -0.2) is 70.4 Å². The second-order valence-corrected chi connectivity index (χ2v) is 12.0. The van der Waals surface area contributed by atoms with Gasteiger partial charge in [0.15, 0.2) is 0 Å². The lowest BCUT2D eigenvalue weighted by atomic mass is 9.95. The monoisotopic (exact) mass is 605 g/mol. The Morgan fingerprint density at radius 1 is 0.955 bits per heavy atom. The van der Waals surface area contributed by atoms with Gasteiger partial charge in [0.1, 0.15) is 24.0 Å². The summed E-state index contributed by atoms with van der Waals surface area (Å²) in [6.07, 6.45) is -2.28.